The molecular formula is C17H23N3O. The maximum Gasteiger partial charge on any atom is 0.159 e. The average molecular weight is 285 g/mol. The number of rotatable bonds is 6. The van der Waals surface area contributed by atoms with Gasteiger partial charge >= 0.3 is 0 Å². The SMILES string of the molecule is CCCNC(C)c1cnc(-c2cccc(OC)c2)nc1C. The van der Waals surface area contributed by atoms with E-state index < -0.39 is 0 Å². The Balaban J connectivity index is 2.25. The molecule has 1 atom stereocenters. The normalized spacial score (nSPS) is 12.2. The molecule has 0 amide bonds. The van der Waals surface area contributed by atoms with Crippen LogP contribution in [-0.4, -0.2) is 23.6 Å². The van der Waals surface area contributed by atoms with Gasteiger partial charge in [-0.1, -0.05) is 19.1 Å². The number of hydrogen-bond acceptors (Lipinski definition) is 4. The third-order valence-corrected chi connectivity index (χ3v) is 3.51. The monoisotopic (exact) mass is 285 g/mol. The first kappa shape index (κ1) is 15.4. The summed E-state index contributed by atoms with van der Waals surface area (Å²) in [5.41, 5.74) is 3.13. The third kappa shape index (κ3) is 3.79. The van der Waals surface area contributed by atoms with E-state index in [-0.39, 0.29) is 6.04 Å². The van der Waals surface area contributed by atoms with Gasteiger partial charge in [-0.15, -0.1) is 0 Å². The van der Waals surface area contributed by atoms with Gasteiger partial charge in [0.2, 0.25) is 0 Å². The first-order chi connectivity index (χ1) is 10.2. The summed E-state index contributed by atoms with van der Waals surface area (Å²) in [4.78, 5) is 9.15. The van der Waals surface area contributed by atoms with Gasteiger partial charge in [-0.2, -0.15) is 0 Å². The lowest BCUT2D eigenvalue weighted by Gasteiger charge is -2.15. The van der Waals surface area contributed by atoms with Gasteiger partial charge < -0.3 is 10.1 Å². The van der Waals surface area contributed by atoms with E-state index in [2.05, 4.69) is 29.1 Å². The van der Waals surface area contributed by atoms with Crippen molar-refractivity contribution in [1.82, 2.24) is 15.3 Å². The van der Waals surface area contributed by atoms with Crippen LogP contribution in [0.5, 0.6) is 5.75 Å². The van der Waals surface area contributed by atoms with Gasteiger partial charge in [-0.25, -0.2) is 9.97 Å². The second-order valence-corrected chi connectivity index (χ2v) is 5.14. The number of aryl methyl sites for hydroxylation is 1. The van der Waals surface area contributed by atoms with Crippen LogP contribution in [0.2, 0.25) is 0 Å². The first-order valence-electron chi connectivity index (χ1n) is 7.37. The molecule has 1 unspecified atom stereocenters. The van der Waals surface area contributed by atoms with Gasteiger partial charge in [0.25, 0.3) is 0 Å². The molecule has 0 aliphatic rings. The number of methoxy groups -OCH3 is 1. The Bertz CT molecular complexity index is 598. The number of aromatic nitrogens is 2. The van der Waals surface area contributed by atoms with Crippen LogP contribution in [0, 0.1) is 6.92 Å². The van der Waals surface area contributed by atoms with Crippen molar-refractivity contribution in [3.8, 4) is 17.1 Å². The second-order valence-electron chi connectivity index (χ2n) is 5.14. The van der Waals surface area contributed by atoms with E-state index in [1.54, 1.807) is 7.11 Å². The average Bonchev–Trinajstić information content (AvgIpc) is 2.52. The molecule has 1 heterocycles. The molecule has 4 heteroatoms. The van der Waals surface area contributed by atoms with Gasteiger partial charge in [0.1, 0.15) is 5.75 Å². The summed E-state index contributed by atoms with van der Waals surface area (Å²) in [6, 6.07) is 8.08. The van der Waals surface area contributed by atoms with Crippen molar-refractivity contribution in [1.29, 1.82) is 0 Å². The maximum atomic E-state index is 5.25. The Morgan fingerprint density at radius 1 is 1.33 bits per heavy atom. The highest BCUT2D eigenvalue weighted by Crippen LogP contribution is 2.23. The summed E-state index contributed by atoms with van der Waals surface area (Å²) in [6.45, 7) is 7.34. The number of nitrogens with zero attached hydrogens (tertiary/aromatic N) is 2. The fourth-order valence-corrected chi connectivity index (χ4v) is 2.27. The zero-order chi connectivity index (χ0) is 15.2. The van der Waals surface area contributed by atoms with E-state index in [0.717, 1.165) is 41.4 Å². The fourth-order valence-electron chi connectivity index (χ4n) is 2.27. The van der Waals surface area contributed by atoms with Crippen LogP contribution < -0.4 is 10.1 Å². The smallest absolute Gasteiger partial charge is 0.159 e. The molecule has 1 aromatic carbocycles. The summed E-state index contributed by atoms with van der Waals surface area (Å²) in [5, 5.41) is 3.47. The molecule has 0 aliphatic carbocycles. The van der Waals surface area contributed by atoms with Crippen LogP contribution in [0.3, 0.4) is 0 Å². The molecule has 1 N–H and O–H groups in total. The zero-order valence-corrected chi connectivity index (χ0v) is 13.2. The van der Waals surface area contributed by atoms with E-state index in [9.17, 15) is 0 Å². The molecular weight excluding hydrogens is 262 g/mol. The van der Waals surface area contributed by atoms with Crippen LogP contribution >= 0.6 is 0 Å². The van der Waals surface area contributed by atoms with Crippen molar-refractivity contribution in [2.75, 3.05) is 13.7 Å². The largest absolute Gasteiger partial charge is 0.497 e. The Morgan fingerprint density at radius 3 is 2.81 bits per heavy atom. The van der Waals surface area contributed by atoms with Gasteiger partial charge in [0.05, 0.1) is 7.11 Å². The first-order valence-corrected chi connectivity index (χ1v) is 7.37. The molecule has 0 saturated carbocycles. The summed E-state index contributed by atoms with van der Waals surface area (Å²) in [6.07, 6.45) is 3.04. The molecule has 112 valence electrons. The minimum Gasteiger partial charge on any atom is -0.497 e. The Morgan fingerprint density at radius 2 is 2.14 bits per heavy atom. The van der Waals surface area contributed by atoms with Crippen molar-refractivity contribution in [2.24, 2.45) is 0 Å². The number of benzene rings is 1. The quantitative estimate of drug-likeness (QED) is 0.882. The van der Waals surface area contributed by atoms with Crippen molar-refractivity contribution in [2.45, 2.75) is 33.2 Å². The lowest BCUT2D eigenvalue weighted by molar-refractivity contribution is 0.415. The van der Waals surface area contributed by atoms with E-state index >= 15 is 0 Å². The number of ether oxygens (including phenoxy) is 1. The number of nitrogens with one attached hydrogen (secondary N) is 1. The van der Waals surface area contributed by atoms with E-state index in [1.165, 1.54) is 0 Å². The maximum absolute atomic E-state index is 5.25. The van der Waals surface area contributed by atoms with Gasteiger partial charge in [-0.05, 0) is 38.9 Å². The molecule has 0 spiro atoms. The fraction of sp³-hybridized carbons (Fsp3) is 0.412. The second kappa shape index (κ2) is 7.18. The molecule has 0 bridgehead atoms. The molecule has 2 aromatic rings. The van der Waals surface area contributed by atoms with E-state index in [4.69, 9.17) is 4.74 Å². The summed E-state index contributed by atoms with van der Waals surface area (Å²) < 4.78 is 5.25. The molecule has 1 aromatic heterocycles. The lowest BCUT2D eigenvalue weighted by Crippen LogP contribution is -2.20. The third-order valence-electron chi connectivity index (χ3n) is 3.51. The molecule has 2 rings (SSSR count). The van der Waals surface area contributed by atoms with E-state index in [1.807, 2.05) is 37.4 Å². The Kier molecular flexibility index (Phi) is 5.28. The van der Waals surface area contributed by atoms with E-state index in [0.29, 0.717) is 0 Å². The van der Waals surface area contributed by atoms with Gasteiger partial charge in [-0.3, -0.25) is 0 Å². The van der Waals surface area contributed by atoms with Crippen LogP contribution in [0.4, 0.5) is 0 Å². The Hall–Kier alpha value is -1.94. The molecule has 0 saturated heterocycles. The molecule has 0 fully saturated rings. The Labute approximate surface area is 126 Å². The van der Waals surface area contributed by atoms with Crippen molar-refractivity contribution < 1.29 is 4.74 Å². The lowest BCUT2D eigenvalue weighted by atomic mass is 10.1. The predicted molar refractivity (Wildman–Crippen MR) is 85.5 cm³/mol. The molecule has 0 radical (unpaired) electrons. The molecule has 4 nitrogen and oxygen atoms in total. The molecule has 21 heavy (non-hydrogen) atoms. The van der Waals surface area contributed by atoms with Crippen molar-refractivity contribution in [3.05, 3.63) is 41.7 Å². The van der Waals surface area contributed by atoms with Gasteiger partial charge in [0.15, 0.2) is 5.82 Å². The summed E-state index contributed by atoms with van der Waals surface area (Å²) in [7, 11) is 1.66. The van der Waals surface area contributed by atoms with Crippen molar-refractivity contribution in [3.63, 3.8) is 0 Å². The van der Waals surface area contributed by atoms with Crippen LogP contribution in [0.15, 0.2) is 30.5 Å². The van der Waals surface area contributed by atoms with Crippen LogP contribution in [0.25, 0.3) is 11.4 Å². The minimum atomic E-state index is 0.268. The zero-order valence-electron chi connectivity index (χ0n) is 13.2. The predicted octanol–water partition coefficient (Wildman–Crippen LogP) is 3.52. The highest BCUT2D eigenvalue weighted by molar-refractivity contribution is 5.57. The highest BCUT2D eigenvalue weighted by atomic mass is 16.5. The summed E-state index contributed by atoms with van der Waals surface area (Å²) >= 11 is 0. The minimum absolute atomic E-state index is 0.268. The highest BCUT2D eigenvalue weighted by Gasteiger charge is 2.11. The van der Waals surface area contributed by atoms with Crippen LogP contribution in [0.1, 0.15) is 37.6 Å². The van der Waals surface area contributed by atoms with Crippen LogP contribution in [-0.2, 0) is 0 Å². The van der Waals surface area contributed by atoms with Crippen molar-refractivity contribution >= 4 is 0 Å². The number of hydrogen-bond donors (Lipinski definition) is 1. The molecule has 0 aliphatic heterocycles. The van der Waals surface area contributed by atoms with Gasteiger partial charge in [0, 0.05) is 29.1 Å². The summed E-state index contributed by atoms with van der Waals surface area (Å²) in [5.74, 6) is 1.55. The topological polar surface area (TPSA) is 47.0 Å². The standard InChI is InChI=1S/C17H23N3O/c1-5-9-18-12(2)16-11-19-17(20-13(16)3)14-7-6-8-15(10-14)21-4/h6-8,10-12,18H,5,9H2,1-4H3.